The molecule has 0 saturated heterocycles. The number of hydrogen-bond donors (Lipinski definition) is 1. The molecule has 1 N–H and O–H groups in total. The number of β-amino-alcohol motifs (C(OH)–C–C–N with tert-alkyl or cyclic N) is 1. The molecule has 0 aromatic carbocycles. The molecule has 0 saturated carbocycles. The van der Waals surface area contributed by atoms with Crippen LogP contribution in [-0.4, -0.2) is 40.4 Å². The van der Waals surface area contributed by atoms with Crippen molar-refractivity contribution in [1.82, 2.24) is 4.90 Å². The summed E-state index contributed by atoms with van der Waals surface area (Å²) in [6, 6.07) is 0. The largest absolute Gasteiger partial charge is 0.444 e. The summed E-state index contributed by atoms with van der Waals surface area (Å²) in [4.78, 5) is 13.2. The molecule has 15 heavy (non-hydrogen) atoms. The smallest absolute Gasteiger partial charge is 0.410 e. The summed E-state index contributed by atoms with van der Waals surface area (Å²) in [5.74, 6) is 0. The van der Waals surface area contributed by atoms with Crippen molar-refractivity contribution in [3.63, 3.8) is 0 Å². The molecule has 4 nitrogen and oxygen atoms in total. The fourth-order valence-corrected chi connectivity index (χ4v) is 1.40. The van der Waals surface area contributed by atoms with E-state index in [1.54, 1.807) is 19.1 Å². The van der Waals surface area contributed by atoms with E-state index in [0.29, 0.717) is 6.54 Å². The van der Waals surface area contributed by atoms with Crippen molar-refractivity contribution in [3.8, 4) is 0 Å². The fourth-order valence-electron chi connectivity index (χ4n) is 1.40. The molecule has 1 unspecified atom stereocenters. The molecule has 1 amide bonds. The van der Waals surface area contributed by atoms with E-state index < -0.39 is 11.2 Å². The number of hydrogen-bond acceptors (Lipinski definition) is 3. The van der Waals surface area contributed by atoms with E-state index in [4.69, 9.17) is 4.74 Å². The average molecular weight is 213 g/mol. The summed E-state index contributed by atoms with van der Waals surface area (Å²) in [6.45, 7) is 7.90. The van der Waals surface area contributed by atoms with Gasteiger partial charge in [0.1, 0.15) is 5.60 Å². The second-order valence-corrected chi connectivity index (χ2v) is 5.12. The highest BCUT2D eigenvalue weighted by Gasteiger charge is 2.29. The van der Waals surface area contributed by atoms with Crippen LogP contribution < -0.4 is 0 Å². The number of aliphatic hydroxyl groups is 1. The molecular formula is C11H19NO3. The van der Waals surface area contributed by atoms with Crippen LogP contribution in [-0.2, 0) is 4.74 Å². The second-order valence-electron chi connectivity index (χ2n) is 5.12. The zero-order valence-electron chi connectivity index (χ0n) is 9.78. The summed E-state index contributed by atoms with van der Waals surface area (Å²) >= 11 is 0. The first kappa shape index (κ1) is 12.0. The van der Waals surface area contributed by atoms with Gasteiger partial charge in [0.05, 0.1) is 12.1 Å². The van der Waals surface area contributed by atoms with Crippen LogP contribution >= 0.6 is 0 Å². The van der Waals surface area contributed by atoms with Gasteiger partial charge >= 0.3 is 6.09 Å². The highest BCUT2D eigenvalue weighted by Crippen LogP contribution is 2.17. The molecule has 0 radical (unpaired) electrons. The Balaban J connectivity index is 2.60. The maximum absolute atomic E-state index is 11.7. The predicted octanol–water partition coefficient (Wildman–Crippen LogP) is 1.54. The van der Waals surface area contributed by atoms with Gasteiger partial charge in [0, 0.05) is 6.54 Å². The minimum absolute atomic E-state index is 0.276. The van der Waals surface area contributed by atoms with E-state index in [1.165, 1.54) is 4.90 Å². The van der Waals surface area contributed by atoms with Gasteiger partial charge in [-0.15, -0.1) is 0 Å². The monoisotopic (exact) mass is 213 g/mol. The average Bonchev–Trinajstić information content (AvgIpc) is 1.99. The lowest BCUT2D eigenvalue weighted by Crippen LogP contribution is -2.47. The van der Waals surface area contributed by atoms with Gasteiger partial charge in [-0.25, -0.2) is 4.79 Å². The highest BCUT2D eigenvalue weighted by atomic mass is 16.6. The Bertz CT molecular complexity index is 276. The highest BCUT2D eigenvalue weighted by molar-refractivity contribution is 5.68. The number of nitrogens with zero attached hydrogens (tertiary/aromatic N) is 1. The van der Waals surface area contributed by atoms with Crippen LogP contribution in [0.3, 0.4) is 0 Å². The first-order valence-electron chi connectivity index (χ1n) is 5.08. The Kier molecular flexibility index (Phi) is 3.09. The number of carbonyl (C=O) groups is 1. The standard InChI is InChI=1S/C11H19NO3/c1-10(2,3)15-9(13)12-7-5-6-11(4,14)8-12/h5-6,14H,7-8H2,1-4H3. The first-order chi connectivity index (χ1) is 6.70. The minimum Gasteiger partial charge on any atom is -0.444 e. The summed E-state index contributed by atoms with van der Waals surface area (Å²) in [7, 11) is 0. The predicted molar refractivity (Wildman–Crippen MR) is 57.6 cm³/mol. The number of amides is 1. The van der Waals surface area contributed by atoms with Crippen LogP contribution in [0.25, 0.3) is 0 Å². The topological polar surface area (TPSA) is 49.8 Å². The van der Waals surface area contributed by atoms with Gasteiger partial charge in [-0.05, 0) is 27.7 Å². The van der Waals surface area contributed by atoms with E-state index in [1.807, 2.05) is 20.8 Å². The molecule has 1 aliphatic rings. The lowest BCUT2D eigenvalue weighted by molar-refractivity contribution is 0.00392. The molecule has 1 heterocycles. The summed E-state index contributed by atoms with van der Waals surface area (Å²) in [5.41, 5.74) is -1.45. The number of rotatable bonds is 0. The Labute approximate surface area is 90.5 Å². The molecule has 1 aliphatic heterocycles. The lowest BCUT2D eigenvalue weighted by Gasteiger charge is -2.33. The Morgan fingerprint density at radius 1 is 1.53 bits per heavy atom. The van der Waals surface area contributed by atoms with Crippen LogP contribution in [0.15, 0.2) is 12.2 Å². The molecule has 0 aromatic rings. The minimum atomic E-state index is -0.949. The Morgan fingerprint density at radius 3 is 2.60 bits per heavy atom. The van der Waals surface area contributed by atoms with E-state index >= 15 is 0 Å². The Hall–Kier alpha value is -1.03. The van der Waals surface area contributed by atoms with Gasteiger partial charge in [0.2, 0.25) is 0 Å². The van der Waals surface area contributed by atoms with Gasteiger partial charge in [0.25, 0.3) is 0 Å². The van der Waals surface area contributed by atoms with E-state index in [2.05, 4.69) is 0 Å². The van der Waals surface area contributed by atoms with Gasteiger partial charge < -0.3 is 14.7 Å². The third-order valence-electron chi connectivity index (χ3n) is 1.97. The van der Waals surface area contributed by atoms with Crippen molar-refractivity contribution < 1.29 is 14.6 Å². The molecule has 1 rings (SSSR count). The van der Waals surface area contributed by atoms with Crippen molar-refractivity contribution >= 4 is 6.09 Å². The molecule has 4 heteroatoms. The summed E-state index contributed by atoms with van der Waals surface area (Å²) in [5, 5.41) is 9.76. The molecule has 1 atom stereocenters. The lowest BCUT2D eigenvalue weighted by atomic mass is 10.0. The molecule has 0 fully saturated rings. The van der Waals surface area contributed by atoms with Crippen molar-refractivity contribution in [3.05, 3.63) is 12.2 Å². The van der Waals surface area contributed by atoms with E-state index in [-0.39, 0.29) is 12.6 Å². The maximum Gasteiger partial charge on any atom is 0.410 e. The third-order valence-corrected chi connectivity index (χ3v) is 1.97. The fraction of sp³-hybridized carbons (Fsp3) is 0.727. The van der Waals surface area contributed by atoms with Crippen molar-refractivity contribution in [2.45, 2.75) is 38.9 Å². The SMILES string of the molecule is CC1(O)C=CCN(C(=O)OC(C)(C)C)C1. The number of ether oxygens (including phenoxy) is 1. The quantitative estimate of drug-likeness (QED) is 0.621. The van der Waals surface area contributed by atoms with Gasteiger partial charge in [0.15, 0.2) is 0 Å². The Morgan fingerprint density at radius 2 is 2.13 bits per heavy atom. The van der Waals surface area contributed by atoms with Crippen LogP contribution in [0.1, 0.15) is 27.7 Å². The molecule has 0 aliphatic carbocycles. The van der Waals surface area contributed by atoms with Crippen LogP contribution in [0.2, 0.25) is 0 Å². The van der Waals surface area contributed by atoms with E-state index in [0.717, 1.165) is 0 Å². The molecule has 86 valence electrons. The first-order valence-corrected chi connectivity index (χ1v) is 5.08. The van der Waals surface area contributed by atoms with Crippen molar-refractivity contribution in [1.29, 1.82) is 0 Å². The number of carbonyl (C=O) groups excluding carboxylic acids is 1. The summed E-state index contributed by atoms with van der Waals surface area (Å²) in [6.07, 6.45) is 3.09. The van der Waals surface area contributed by atoms with Gasteiger partial charge in [-0.3, -0.25) is 0 Å². The molecular weight excluding hydrogens is 194 g/mol. The van der Waals surface area contributed by atoms with E-state index in [9.17, 15) is 9.90 Å². The zero-order valence-corrected chi connectivity index (χ0v) is 9.78. The summed E-state index contributed by atoms with van der Waals surface area (Å²) < 4.78 is 5.21. The molecule has 0 spiro atoms. The van der Waals surface area contributed by atoms with Crippen LogP contribution in [0.4, 0.5) is 4.79 Å². The zero-order chi connectivity index (χ0) is 11.7. The maximum atomic E-state index is 11.7. The normalized spacial score (nSPS) is 26.6. The second kappa shape index (κ2) is 3.85. The third kappa shape index (κ3) is 3.91. The van der Waals surface area contributed by atoms with Crippen LogP contribution in [0.5, 0.6) is 0 Å². The van der Waals surface area contributed by atoms with Crippen molar-refractivity contribution in [2.75, 3.05) is 13.1 Å². The molecule has 0 bridgehead atoms. The van der Waals surface area contributed by atoms with Crippen LogP contribution in [0, 0.1) is 0 Å². The van der Waals surface area contributed by atoms with Gasteiger partial charge in [-0.2, -0.15) is 0 Å². The van der Waals surface area contributed by atoms with Crippen molar-refractivity contribution in [2.24, 2.45) is 0 Å². The van der Waals surface area contributed by atoms with Gasteiger partial charge in [-0.1, -0.05) is 12.2 Å². The molecule has 0 aromatic heterocycles.